The van der Waals surface area contributed by atoms with E-state index in [4.69, 9.17) is 0 Å². The lowest BCUT2D eigenvalue weighted by Crippen LogP contribution is -2.51. The van der Waals surface area contributed by atoms with Gasteiger partial charge in [-0.3, -0.25) is 4.79 Å². The van der Waals surface area contributed by atoms with Crippen molar-refractivity contribution in [3.63, 3.8) is 0 Å². The number of carbonyl (C=O) groups is 1. The number of likely N-dealkylation sites (tertiary alicyclic amines) is 1. The van der Waals surface area contributed by atoms with Gasteiger partial charge in [-0.15, -0.1) is 0 Å². The molecule has 4 rings (SSSR count). The largest absolute Gasteiger partial charge is 0.341 e. The van der Waals surface area contributed by atoms with Gasteiger partial charge in [0.25, 0.3) is 0 Å². The molecule has 1 aromatic carbocycles. The smallest absolute Gasteiger partial charge is 0.243 e. The Kier molecular flexibility index (Phi) is 6.78. The molecule has 3 heterocycles. The first kappa shape index (κ1) is 23.4. The van der Waals surface area contributed by atoms with Gasteiger partial charge in [-0.25, -0.2) is 8.42 Å². The summed E-state index contributed by atoms with van der Waals surface area (Å²) in [6, 6.07) is 8.02. The standard InChI is InChI=1S/C22H26N6O3S2/c1-15-7-11-28(12-8-15)22(29)19(9-13-27-10-3-4-17(27)14-23)26-33(30,31)21-16(2)5-6-18-20(21)25-32-24-18/h3-6,10,15,19,26H,7-9,11-13H2,1-2H3. The summed E-state index contributed by atoms with van der Waals surface area (Å²) in [5.41, 5.74) is 1.82. The minimum absolute atomic E-state index is 0.0532. The number of amides is 1. The van der Waals surface area contributed by atoms with E-state index < -0.39 is 16.1 Å². The minimum atomic E-state index is -4.06. The number of carbonyl (C=O) groups excluding carboxylic acids is 1. The highest BCUT2D eigenvalue weighted by Crippen LogP contribution is 2.26. The van der Waals surface area contributed by atoms with Crippen LogP contribution in [0.3, 0.4) is 0 Å². The van der Waals surface area contributed by atoms with Crippen molar-refractivity contribution in [2.75, 3.05) is 13.1 Å². The van der Waals surface area contributed by atoms with Gasteiger partial charge in [-0.05, 0) is 55.9 Å². The molecule has 3 aromatic rings. The Balaban J connectivity index is 1.63. The van der Waals surface area contributed by atoms with Gasteiger partial charge in [0.1, 0.15) is 33.7 Å². The first-order chi connectivity index (χ1) is 15.8. The van der Waals surface area contributed by atoms with Crippen molar-refractivity contribution in [3.05, 3.63) is 41.7 Å². The zero-order valence-corrected chi connectivity index (χ0v) is 20.2. The van der Waals surface area contributed by atoms with Gasteiger partial charge < -0.3 is 9.47 Å². The van der Waals surface area contributed by atoms with Gasteiger partial charge in [0.2, 0.25) is 15.9 Å². The van der Waals surface area contributed by atoms with Gasteiger partial charge in [0.05, 0.1) is 11.7 Å². The SMILES string of the molecule is Cc1ccc2nsnc2c1S(=O)(=O)NC(CCn1cccc1C#N)C(=O)N1CCC(C)CC1. The van der Waals surface area contributed by atoms with E-state index in [2.05, 4.69) is 26.5 Å². The van der Waals surface area contributed by atoms with Crippen LogP contribution < -0.4 is 4.72 Å². The summed E-state index contributed by atoms with van der Waals surface area (Å²) in [6.45, 7) is 5.41. The molecule has 1 aliphatic heterocycles. The van der Waals surface area contributed by atoms with E-state index in [0.717, 1.165) is 24.6 Å². The highest BCUT2D eigenvalue weighted by molar-refractivity contribution is 7.89. The second-order valence-electron chi connectivity index (χ2n) is 8.51. The maximum absolute atomic E-state index is 13.5. The Hall–Kier alpha value is -2.81. The molecule has 1 amide bonds. The summed E-state index contributed by atoms with van der Waals surface area (Å²) >= 11 is 0.951. The molecule has 1 aliphatic rings. The van der Waals surface area contributed by atoms with Crippen LogP contribution in [0.25, 0.3) is 11.0 Å². The lowest BCUT2D eigenvalue weighted by atomic mass is 9.98. The van der Waals surface area contributed by atoms with Gasteiger partial charge in [0.15, 0.2) is 0 Å². The molecule has 1 saturated heterocycles. The van der Waals surface area contributed by atoms with Crippen LogP contribution in [0.1, 0.15) is 37.4 Å². The number of piperidine rings is 1. The predicted molar refractivity (Wildman–Crippen MR) is 125 cm³/mol. The molecule has 9 nitrogen and oxygen atoms in total. The van der Waals surface area contributed by atoms with E-state index in [0.29, 0.717) is 47.8 Å². The van der Waals surface area contributed by atoms with Gasteiger partial charge in [-0.1, -0.05) is 13.0 Å². The van der Waals surface area contributed by atoms with Crippen molar-refractivity contribution < 1.29 is 13.2 Å². The third-order valence-electron chi connectivity index (χ3n) is 6.14. The second-order valence-corrected chi connectivity index (χ2v) is 10.7. The third kappa shape index (κ3) is 4.93. The first-order valence-corrected chi connectivity index (χ1v) is 13.1. The lowest BCUT2D eigenvalue weighted by Gasteiger charge is -2.33. The molecule has 0 radical (unpaired) electrons. The lowest BCUT2D eigenvalue weighted by molar-refractivity contribution is -0.134. The van der Waals surface area contributed by atoms with Crippen LogP contribution in [0.4, 0.5) is 0 Å². The van der Waals surface area contributed by atoms with Crippen LogP contribution in [0.15, 0.2) is 35.4 Å². The maximum Gasteiger partial charge on any atom is 0.243 e. The van der Waals surface area contributed by atoms with Crippen molar-refractivity contribution >= 4 is 38.7 Å². The Morgan fingerprint density at radius 2 is 2.06 bits per heavy atom. The second kappa shape index (κ2) is 9.59. The molecule has 0 spiro atoms. The van der Waals surface area contributed by atoms with Crippen molar-refractivity contribution in [2.45, 2.75) is 50.6 Å². The summed E-state index contributed by atoms with van der Waals surface area (Å²) in [6.07, 6.45) is 3.76. The van der Waals surface area contributed by atoms with Crippen LogP contribution in [-0.4, -0.2) is 51.7 Å². The molecular formula is C22H26N6O3S2. The molecule has 1 unspecified atom stereocenters. The first-order valence-electron chi connectivity index (χ1n) is 10.9. The summed E-state index contributed by atoms with van der Waals surface area (Å²) in [7, 11) is -4.06. The average Bonchev–Trinajstić information content (AvgIpc) is 3.45. The zero-order valence-electron chi connectivity index (χ0n) is 18.6. The summed E-state index contributed by atoms with van der Waals surface area (Å²) in [5.74, 6) is 0.303. The Morgan fingerprint density at radius 3 is 2.79 bits per heavy atom. The molecule has 174 valence electrons. The molecule has 1 N–H and O–H groups in total. The number of benzene rings is 1. The number of nitriles is 1. The molecule has 1 atom stereocenters. The van der Waals surface area contributed by atoms with Crippen molar-refractivity contribution in [2.24, 2.45) is 5.92 Å². The molecule has 1 fully saturated rings. The molecule has 2 aromatic heterocycles. The van der Waals surface area contributed by atoms with E-state index in [-0.39, 0.29) is 17.2 Å². The number of aryl methyl sites for hydroxylation is 2. The van der Waals surface area contributed by atoms with Crippen molar-refractivity contribution in [1.82, 2.24) is 22.9 Å². The van der Waals surface area contributed by atoms with Crippen molar-refractivity contribution in [1.29, 1.82) is 5.26 Å². The van der Waals surface area contributed by atoms with Crippen LogP contribution in [-0.2, 0) is 21.4 Å². The molecule has 0 aliphatic carbocycles. The van der Waals surface area contributed by atoms with E-state index in [1.807, 2.05) is 0 Å². The Bertz CT molecular complexity index is 1300. The average molecular weight is 487 g/mol. The topological polar surface area (TPSA) is 121 Å². The highest BCUT2D eigenvalue weighted by Gasteiger charge is 2.32. The number of sulfonamides is 1. The summed E-state index contributed by atoms with van der Waals surface area (Å²) in [5, 5.41) is 9.29. The third-order valence-corrected chi connectivity index (χ3v) is 8.33. The number of fused-ring (bicyclic) bond motifs is 1. The minimum Gasteiger partial charge on any atom is -0.341 e. The fraction of sp³-hybridized carbons (Fsp3) is 0.455. The number of nitrogens with one attached hydrogen (secondary N) is 1. The molecular weight excluding hydrogens is 460 g/mol. The summed E-state index contributed by atoms with van der Waals surface area (Å²) < 4.78 is 39.7. The Morgan fingerprint density at radius 1 is 1.30 bits per heavy atom. The fourth-order valence-electron chi connectivity index (χ4n) is 4.18. The van der Waals surface area contributed by atoms with Gasteiger partial charge in [0, 0.05) is 25.8 Å². The maximum atomic E-state index is 13.5. The fourth-order valence-corrected chi connectivity index (χ4v) is 6.38. The van der Waals surface area contributed by atoms with E-state index in [9.17, 15) is 18.5 Å². The van der Waals surface area contributed by atoms with Crippen LogP contribution in [0, 0.1) is 24.2 Å². The number of hydrogen-bond acceptors (Lipinski definition) is 7. The van der Waals surface area contributed by atoms with Crippen LogP contribution in [0.2, 0.25) is 0 Å². The quantitative estimate of drug-likeness (QED) is 0.548. The summed E-state index contributed by atoms with van der Waals surface area (Å²) in [4.78, 5) is 15.2. The van der Waals surface area contributed by atoms with E-state index >= 15 is 0 Å². The number of hydrogen-bond donors (Lipinski definition) is 1. The Labute approximate surface area is 197 Å². The van der Waals surface area contributed by atoms with Crippen LogP contribution in [0.5, 0.6) is 0 Å². The van der Waals surface area contributed by atoms with Gasteiger partial charge >= 0.3 is 0 Å². The number of nitrogens with zero attached hydrogens (tertiary/aromatic N) is 5. The van der Waals surface area contributed by atoms with E-state index in [1.165, 1.54) is 0 Å². The molecule has 33 heavy (non-hydrogen) atoms. The highest BCUT2D eigenvalue weighted by atomic mass is 32.2. The number of aromatic nitrogens is 3. The normalized spacial score (nSPS) is 16.1. The molecule has 0 bridgehead atoms. The zero-order chi connectivity index (χ0) is 23.6. The van der Waals surface area contributed by atoms with E-state index in [1.54, 1.807) is 46.9 Å². The molecule has 0 saturated carbocycles. The predicted octanol–water partition coefficient (Wildman–Crippen LogP) is 2.67. The number of rotatable bonds is 7. The monoisotopic (exact) mass is 486 g/mol. The van der Waals surface area contributed by atoms with Crippen LogP contribution >= 0.6 is 11.7 Å². The van der Waals surface area contributed by atoms with Gasteiger partial charge in [-0.2, -0.15) is 18.7 Å². The van der Waals surface area contributed by atoms with Crippen molar-refractivity contribution in [3.8, 4) is 6.07 Å². The molecule has 11 heteroatoms.